The third kappa shape index (κ3) is 3.40. The molecule has 1 aromatic carbocycles. The van der Waals surface area contributed by atoms with Gasteiger partial charge in [0.2, 0.25) is 0 Å². The average Bonchev–Trinajstić information content (AvgIpc) is 2.82. The quantitative estimate of drug-likeness (QED) is 0.676. The molecule has 1 aliphatic rings. The molecule has 5 nitrogen and oxygen atoms in total. The number of rotatable bonds is 6. The fraction of sp³-hybridized carbons (Fsp3) is 0.562. The summed E-state index contributed by atoms with van der Waals surface area (Å²) in [5, 5.41) is 0. The minimum absolute atomic E-state index is 0.0521. The summed E-state index contributed by atoms with van der Waals surface area (Å²) in [5.41, 5.74) is 0.0210. The molecule has 0 aromatic heterocycles. The maximum absolute atomic E-state index is 13.0. The van der Waals surface area contributed by atoms with Crippen LogP contribution in [0.5, 0.6) is 0 Å². The fourth-order valence-corrected chi connectivity index (χ4v) is 5.10. The summed E-state index contributed by atoms with van der Waals surface area (Å²) in [5.74, 6) is 0. The molecule has 1 amide bonds. The molecule has 2 rings (SSSR count). The van der Waals surface area contributed by atoms with Crippen LogP contribution in [0.2, 0.25) is 0 Å². The Bertz CT molecular complexity index is 674. The number of sulfonamides is 1. The number of hydrogen-bond acceptors (Lipinski definition) is 4. The van der Waals surface area contributed by atoms with Gasteiger partial charge in [-0.25, -0.2) is 13.2 Å². The smallest absolute Gasteiger partial charge is 0.424 e. The summed E-state index contributed by atoms with van der Waals surface area (Å²) >= 11 is 3.57. The topological polar surface area (TPSA) is 63.7 Å². The van der Waals surface area contributed by atoms with Gasteiger partial charge < -0.3 is 4.74 Å². The molecule has 128 valence electrons. The van der Waals surface area contributed by atoms with Gasteiger partial charge in [-0.15, -0.1) is 0 Å². The Hall–Kier alpha value is -1.08. The third-order valence-corrected chi connectivity index (χ3v) is 7.52. The number of amides is 1. The van der Waals surface area contributed by atoms with E-state index in [1.807, 2.05) is 6.92 Å². The molecule has 7 heteroatoms. The number of cyclic esters (lactones) is 1. The molecule has 1 heterocycles. The van der Waals surface area contributed by atoms with Gasteiger partial charge in [0.1, 0.15) is 12.1 Å². The second kappa shape index (κ2) is 6.81. The van der Waals surface area contributed by atoms with Gasteiger partial charge >= 0.3 is 6.09 Å². The molecule has 1 aliphatic heterocycles. The van der Waals surface area contributed by atoms with Gasteiger partial charge in [0.15, 0.2) is 0 Å². The van der Waals surface area contributed by atoms with Crippen LogP contribution in [0.4, 0.5) is 4.79 Å². The number of halogens is 1. The zero-order chi connectivity index (χ0) is 17.3. The highest BCUT2D eigenvalue weighted by Crippen LogP contribution is 2.38. The van der Waals surface area contributed by atoms with E-state index >= 15 is 0 Å². The molecule has 1 saturated heterocycles. The van der Waals surface area contributed by atoms with Crippen molar-refractivity contribution in [2.75, 3.05) is 6.61 Å². The first kappa shape index (κ1) is 18.3. The Morgan fingerprint density at radius 2 is 1.96 bits per heavy atom. The lowest BCUT2D eigenvalue weighted by Crippen LogP contribution is -2.53. The zero-order valence-electron chi connectivity index (χ0n) is 13.6. The molecule has 2 atom stereocenters. The predicted molar refractivity (Wildman–Crippen MR) is 92.2 cm³/mol. The summed E-state index contributed by atoms with van der Waals surface area (Å²) in [6.45, 7) is 5.75. The Morgan fingerprint density at radius 1 is 1.35 bits per heavy atom. The van der Waals surface area contributed by atoms with Crippen LogP contribution in [-0.4, -0.2) is 35.8 Å². The van der Waals surface area contributed by atoms with E-state index in [0.717, 1.165) is 29.1 Å². The summed E-state index contributed by atoms with van der Waals surface area (Å²) in [6, 6.07) is 6.47. The molecule has 23 heavy (non-hydrogen) atoms. The summed E-state index contributed by atoms with van der Waals surface area (Å²) in [6.07, 6.45) is 1.90. The van der Waals surface area contributed by atoms with Gasteiger partial charge in [-0.1, -0.05) is 53.4 Å². The largest absolute Gasteiger partial charge is 0.446 e. The summed E-state index contributed by atoms with van der Waals surface area (Å²) in [4.78, 5) is 12.1. The summed E-state index contributed by atoms with van der Waals surface area (Å²) in [7, 11) is -3.95. The Morgan fingerprint density at radius 3 is 2.52 bits per heavy atom. The van der Waals surface area contributed by atoms with Crippen LogP contribution < -0.4 is 0 Å². The van der Waals surface area contributed by atoms with Crippen LogP contribution >= 0.6 is 15.9 Å². The maximum atomic E-state index is 13.0. The molecule has 0 radical (unpaired) electrons. The number of aryl methyl sites for hydroxylation is 1. The van der Waals surface area contributed by atoms with Crippen molar-refractivity contribution in [1.29, 1.82) is 0 Å². The van der Waals surface area contributed by atoms with Crippen LogP contribution in [0.25, 0.3) is 0 Å². The molecule has 0 spiro atoms. The van der Waals surface area contributed by atoms with E-state index < -0.39 is 21.7 Å². The Labute approximate surface area is 146 Å². The van der Waals surface area contributed by atoms with E-state index in [9.17, 15) is 13.2 Å². The molecular weight excluding hydrogens is 382 g/mol. The molecule has 0 aliphatic carbocycles. The molecule has 1 fully saturated rings. The van der Waals surface area contributed by atoms with Gasteiger partial charge in [0.05, 0.1) is 4.90 Å². The van der Waals surface area contributed by atoms with Gasteiger partial charge in [-0.3, -0.25) is 0 Å². The lowest BCUT2D eigenvalue weighted by atomic mass is 9.96. The van der Waals surface area contributed by atoms with Crippen molar-refractivity contribution in [2.24, 2.45) is 0 Å². The van der Waals surface area contributed by atoms with Gasteiger partial charge in [-0.05, 0) is 32.4 Å². The first-order valence-electron chi connectivity index (χ1n) is 7.66. The number of unbranched alkanes of at least 4 members (excludes halogenated alkanes) is 1. The highest BCUT2D eigenvalue weighted by atomic mass is 79.9. The van der Waals surface area contributed by atoms with Crippen LogP contribution in [0.3, 0.4) is 0 Å². The van der Waals surface area contributed by atoms with Gasteiger partial charge in [0.25, 0.3) is 10.0 Å². The number of nitrogens with zero attached hydrogens (tertiary/aromatic N) is 1. The van der Waals surface area contributed by atoms with E-state index in [2.05, 4.69) is 22.9 Å². The van der Waals surface area contributed by atoms with Crippen molar-refractivity contribution in [2.45, 2.75) is 55.3 Å². The lowest BCUT2D eigenvalue weighted by Gasteiger charge is -2.35. The number of carbonyl (C=O) groups excluding carboxylic acids is 1. The highest BCUT2D eigenvalue weighted by molar-refractivity contribution is 9.09. The van der Waals surface area contributed by atoms with Crippen molar-refractivity contribution >= 4 is 32.0 Å². The van der Waals surface area contributed by atoms with Crippen molar-refractivity contribution in [3.8, 4) is 0 Å². The van der Waals surface area contributed by atoms with Crippen molar-refractivity contribution < 1.29 is 17.9 Å². The minimum Gasteiger partial charge on any atom is -0.446 e. The maximum Gasteiger partial charge on any atom is 0.424 e. The highest BCUT2D eigenvalue weighted by Gasteiger charge is 2.54. The SMILES string of the molecule is CCCC[C@@H](Br)C1(C)COC(=O)N1S(=O)(=O)c1ccc(C)cc1. The molecule has 1 unspecified atom stereocenters. The van der Waals surface area contributed by atoms with Crippen molar-refractivity contribution in [3.63, 3.8) is 0 Å². The molecule has 0 saturated carbocycles. The van der Waals surface area contributed by atoms with Gasteiger partial charge in [0, 0.05) is 4.83 Å². The fourth-order valence-electron chi connectivity index (χ4n) is 2.63. The number of hydrogen-bond donors (Lipinski definition) is 0. The van der Waals surface area contributed by atoms with Crippen molar-refractivity contribution in [3.05, 3.63) is 29.8 Å². The second-order valence-corrected chi connectivity index (χ2v) is 9.00. The number of benzene rings is 1. The standard InChI is InChI=1S/C16H22BrNO4S/c1-4-5-6-14(17)16(3)11-22-15(19)18(16)23(20,21)13-9-7-12(2)8-10-13/h7-10,14H,4-6,11H2,1-3H3/t14-,16?/m1/s1. The normalized spacial score (nSPS) is 23.0. The second-order valence-electron chi connectivity index (χ2n) is 6.10. The van der Waals surface area contributed by atoms with Crippen LogP contribution in [0.1, 0.15) is 38.7 Å². The first-order valence-corrected chi connectivity index (χ1v) is 10.0. The van der Waals surface area contributed by atoms with E-state index in [4.69, 9.17) is 4.74 Å². The van der Waals surface area contributed by atoms with Gasteiger partial charge in [-0.2, -0.15) is 4.31 Å². The number of ether oxygens (including phenoxy) is 1. The van der Waals surface area contributed by atoms with E-state index in [-0.39, 0.29) is 16.3 Å². The minimum atomic E-state index is -3.95. The Kier molecular flexibility index (Phi) is 5.41. The first-order chi connectivity index (χ1) is 10.7. The average molecular weight is 404 g/mol. The Balaban J connectivity index is 2.40. The van der Waals surface area contributed by atoms with Crippen LogP contribution in [0.15, 0.2) is 29.2 Å². The summed E-state index contributed by atoms with van der Waals surface area (Å²) < 4.78 is 31.9. The lowest BCUT2D eigenvalue weighted by molar-refractivity contribution is 0.169. The number of carbonyl (C=O) groups is 1. The van der Waals surface area contributed by atoms with E-state index in [0.29, 0.717) is 0 Å². The van der Waals surface area contributed by atoms with Crippen LogP contribution in [-0.2, 0) is 14.8 Å². The molecule has 0 N–H and O–H groups in total. The van der Waals surface area contributed by atoms with Crippen molar-refractivity contribution in [1.82, 2.24) is 4.31 Å². The van der Waals surface area contributed by atoms with E-state index in [1.54, 1.807) is 19.1 Å². The molecule has 0 bridgehead atoms. The predicted octanol–water partition coefficient (Wildman–Crippen LogP) is 3.85. The number of alkyl halides is 1. The molecular formula is C16H22BrNO4S. The van der Waals surface area contributed by atoms with E-state index in [1.165, 1.54) is 12.1 Å². The van der Waals surface area contributed by atoms with Crippen LogP contribution in [0, 0.1) is 6.92 Å². The monoisotopic (exact) mass is 403 g/mol. The molecule has 1 aromatic rings. The zero-order valence-corrected chi connectivity index (χ0v) is 16.0. The third-order valence-electron chi connectivity index (χ3n) is 4.16.